The second-order valence-electron chi connectivity index (χ2n) is 6.19. The number of hydroxylamine groups is 3. The van der Waals surface area contributed by atoms with Gasteiger partial charge in [0, 0.05) is 6.42 Å². The zero-order valence-corrected chi connectivity index (χ0v) is 21.3. The van der Waals surface area contributed by atoms with Gasteiger partial charge in [-0.05, 0) is 13.3 Å². The molecule has 1 unspecified atom stereocenters. The molecule has 0 saturated carbocycles. The van der Waals surface area contributed by atoms with E-state index < -0.39 is 5.97 Å². The summed E-state index contributed by atoms with van der Waals surface area (Å²) in [5.74, 6) is -0.0537. The van der Waals surface area contributed by atoms with E-state index >= 15 is 0 Å². The largest absolute Gasteiger partial charge is 1.00 e. The third-order valence-corrected chi connectivity index (χ3v) is 4.20. The van der Waals surface area contributed by atoms with Crippen molar-refractivity contribution in [3.05, 3.63) is 12.4 Å². The molecule has 1 atom stereocenters. The number of quaternary nitrogens is 1. The van der Waals surface area contributed by atoms with Crippen LogP contribution in [-0.4, -0.2) is 40.2 Å². The summed E-state index contributed by atoms with van der Waals surface area (Å²) in [6.07, 6.45) is 15.7. The molecule has 3 N–H and O–H groups in total. The van der Waals surface area contributed by atoms with Crippen LogP contribution in [-0.2, 0) is 9.63 Å². The molecule has 0 aromatic carbocycles. The van der Waals surface area contributed by atoms with Crippen molar-refractivity contribution in [3.8, 4) is 0 Å². The molecule has 6 nitrogen and oxygen atoms in total. The molecule has 0 fully saturated rings. The summed E-state index contributed by atoms with van der Waals surface area (Å²) in [5, 5.41) is 9.13. The van der Waals surface area contributed by atoms with Gasteiger partial charge in [-0.3, -0.25) is 0 Å². The fourth-order valence-electron chi connectivity index (χ4n) is 3.00. The maximum absolute atomic E-state index is 11.1. The van der Waals surface area contributed by atoms with Gasteiger partial charge in [0.2, 0.25) is 12.4 Å². The first kappa shape index (κ1) is 31.5. The second-order valence-corrected chi connectivity index (χ2v) is 6.19. The number of aliphatic carboxylic acids is 1. The van der Waals surface area contributed by atoms with E-state index in [0.717, 1.165) is 18.7 Å². The average molecular weight is 391 g/mol. The predicted octanol–water partition coefficient (Wildman–Crippen LogP) is -1.95. The van der Waals surface area contributed by atoms with Crippen LogP contribution in [0.3, 0.4) is 0 Å². The van der Waals surface area contributed by atoms with Crippen LogP contribution < -0.4 is 59.1 Å². The molecule has 0 bridgehead atoms. The maximum Gasteiger partial charge on any atom is 1.00 e. The van der Waals surface area contributed by atoms with Gasteiger partial charge in [-0.1, -0.05) is 62.9 Å². The topological polar surface area (TPSA) is 90.4 Å². The van der Waals surface area contributed by atoms with Gasteiger partial charge in [-0.15, -0.1) is 0 Å². The average Bonchev–Trinajstić information content (AvgIpc) is 2.87. The van der Waals surface area contributed by atoms with Gasteiger partial charge in [-0.2, -0.15) is 4.84 Å². The molecular formula is C18H37N2Na2O4+. The Kier molecular flexibility index (Phi) is 23.1. The molecule has 144 valence electrons. The fourth-order valence-corrected chi connectivity index (χ4v) is 3.00. The number of rotatable bonds is 14. The van der Waals surface area contributed by atoms with E-state index in [0.29, 0.717) is 6.61 Å². The summed E-state index contributed by atoms with van der Waals surface area (Å²) in [6, 6.07) is 0. The first-order valence-corrected chi connectivity index (χ1v) is 9.13. The molecule has 0 spiro atoms. The van der Waals surface area contributed by atoms with E-state index in [4.69, 9.17) is 9.94 Å². The molecule has 0 aromatic heterocycles. The molecule has 0 radical (unpaired) electrons. The monoisotopic (exact) mass is 391 g/mol. The fraction of sp³-hybridized carbons (Fsp3) is 0.778. The molecule has 0 aliphatic carbocycles. The first-order chi connectivity index (χ1) is 11.1. The molecular weight excluding hydrogens is 354 g/mol. The van der Waals surface area contributed by atoms with Crippen molar-refractivity contribution in [2.75, 3.05) is 13.2 Å². The molecule has 26 heavy (non-hydrogen) atoms. The number of hydrogen-bond acceptors (Lipinski definition) is 3. The molecule has 1 aliphatic heterocycles. The van der Waals surface area contributed by atoms with Gasteiger partial charge in [0.15, 0.2) is 6.20 Å². The SMILES string of the molecule is CCCCCCCCCCCC1=NC=C[N+]1(CC(=O)O)OCC.O.[H-].[H-].[Na+].[Na+]. The van der Waals surface area contributed by atoms with Gasteiger partial charge in [0.1, 0.15) is 6.61 Å². The quantitative estimate of drug-likeness (QED) is 0.212. The van der Waals surface area contributed by atoms with Gasteiger partial charge < -0.3 is 13.4 Å². The van der Waals surface area contributed by atoms with Crippen molar-refractivity contribution in [2.45, 2.75) is 78.1 Å². The van der Waals surface area contributed by atoms with Crippen LogP contribution in [0.4, 0.5) is 0 Å². The van der Waals surface area contributed by atoms with Crippen LogP contribution in [0, 0.1) is 0 Å². The van der Waals surface area contributed by atoms with Crippen LogP contribution in [0.15, 0.2) is 17.4 Å². The summed E-state index contributed by atoms with van der Waals surface area (Å²) in [7, 11) is 0. The van der Waals surface area contributed by atoms with Gasteiger partial charge in [0.05, 0.1) is 6.20 Å². The first-order valence-electron chi connectivity index (χ1n) is 9.13. The van der Waals surface area contributed by atoms with Crippen molar-refractivity contribution in [1.82, 2.24) is 0 Å². The van der Waals surface area contributed by atoms with Crippen LogP contribution in [0.1, 0.15) is 80.9 Å². The van der Waals surface area contributed by atoms with Crippen molar-refractivity contribution < 1.29 is 86.8 Å². The minimum atomic E-state index is -0.871. The van der Waals surface area contributed by atoms with Crippen LogP contribution in [0.5, 0.6) is 0 Å². The standard InChI is InChI=1S/C18H32N2O3.2Na.H2O.2H/c1-3-5-6-7-8-9-10-11-12-13-17-19-14-15-20(17,23-4-2)16-18(21)22;;;;;/h14-15H,3-13,16H2,1-2H3;;;1H2;;/q;2*+1;;2*-1/p+1. The zero-order valence-electron chi connectivity index (χ0n) is 19.3. The predicted molar refractivity (Wildman–Crippen MR) is 98.6 cm³/mol. The molecule has 1 aliphatic rings. The summed E-state index contributed by atoms with van der Waals surface area (Å²) in [5.41, 5.74) is 0. The Morgan fingerprint density at radius 1 is 1.08 bits per heavy atom. The zero-order chi connectivity index (χ0) is 17.0. The summed E-state index contributed by atoms with van der Waals surface area (Å²) < 4.78 is -0.0666. The van der Waals surface area contributed by atoms with Crippen LogP contribution >= 0.6 is 0 Å². The van der Waals surface area contributed by atoms with Gasteiger partial charge in [-0.25, -0.2) is 9.79 Å². The van der Waals surface area contributed by atoms with Crippen LogP contribution in [0.2, 0.25) is 0 Å². The Labute approximate surface area is 205 Å². The Bertz CT molecular complexity index is 430. The third kappa shape index (κ3) is 12.3. The molecule has 8 heteroatoms. The number of hydrogen-bond donors (Lipinski definition) is 1. The third-order valence-electron chi connectivity index (χ3n) is 4.20. The van der Waals surface area contributed by atoms with E-state index in [1.165, 1.54) is 51.4 Å². The van der Waals surface area contributed by atoms with Crippen LogP contribution in [0.25, 0.3) is 0 Å². The van der Waals surface area contributed by atoms with E-state index in [-0.39, 0.29) is 78.6 Å². The van der Waals surface area contributed by atoms with Crippen molar-refractivity contribution in [1.29, 1.82) is 0 Å². The molecule has 1 heterocycles. The number of carboxylic acid groups (broad SMARTS) is 1. The Morgan fingerprint density at radius 2 is 1.62 bits per heavy atom. The Morgan fingerprint density at radius 3 is 2.12 bits per heavy atom. The molecule has 1 rings (SSSR count). The summed E-state index contributed by atoms with van der Waals surface area (Å²) in [6.45, 7) is 4.49. The number of aliphatic imine (C=N–C) groups is 1. The van der Waals surface area contributed by atoms with Crippen molar-refractivity contribution in [2.24, 2.45) is 4.99 Å². The van der Waals surface area contributed by atoms with E-state index in [1.807, 2.05) is 6.92 Å². The van der Waals surface area contributed by atoms with E-state index in [1.54, 1.807) is 12.4 Å². The number of carbonyl (C=O) groups is 1. The smallest absolute Gasteiger partial charge is 1.00 e. The Balaban J connectivity index is -0.000000353. The Hall–Kier alpha value is 0.760. The second kappa shape index (κ2) is 19.1. The summed E-state index contributed by atoms with van der Waals surface area (Å²) in [4.78, 5) is 21.2. The number of carboxylic acids is 1. The van der Waals surface area contributed by atoms with Gasteiger partial charge in [0.25, 0.3) is 0 Å². The molecule has 0 saturated heterocycles. The maximum atomic E-state index is 11.1. The minimum absolute atomic E-state index is 0. The summed E-state index contributed by atoms with van der Waals surface area (Å²) >= 11 is 0. The number of amidine groups is 1. The van der Waals surface area contributed by atoms with E-state index in [9.17, 15) is 4.79 Å². The minimum Gasteiger partial charge on any atom is -1.00 e. The normalized spacial score (nSPS) is 17.7. The van der Waals surface area contributed by atoms with Crippen molar-refractivity contribution in [3.63, 3.8) is 0 Å². The number of nitrogens with zero attached hydrogens (tertiary/aromatic N) is 2. The van der Waals surface area contributed by atoms with E-state index in [2.05, 4.69) is 11.9 Å². The van der Waals surface area contributed by atoms with Crippen molar-refractivity contribution >= 4 is 11.8 Å². The van der Waals surface area contributed by atoms with Gasteiger partial charge >= 0.3 is 65.1 Å². The number of unbranched alkanes of at least 4 members (excludes halogenated alkanes) is 8. The molecule has 0 aromatic rings. The molecule has 0 amide bonds.